The smallest absolute Gasteiger partial charge is 0.0226 e. The highest BCUT2D eigenvalue weighted by Gasteiger charge is 2.23. The van der Waals surface area contributed by atoms with Crippen molar-refractivity contribution in [1.82, 2.24) is 10.2 Å². The molecule has 1 saturated carbocycles. The quantitative estimate of drug-likeness (QED) is 0.853. The van der Waals surface area contributed by atoms with Gasteiger partial charge in [0.25, 0.3) is 0 Å². The molecule has 0 amide bonds. The van der Waals surface area contributed by atoms with Gasteiger partial charge >= 0.3 is 0 Å². The molecule has 0 bridgehead atoms. The number of likely N-dealkylation sites (N-methyl/N-ethyl adjacent to an activating group) is 1. The Labute approximate surface area is 124 Å². The molecule has 0 heterocycles. The zero-order valence-electron chi connectivity index (χ0n) is 13.4. The van der Waals surface area contributed by atoms with Crippen LogP contribution in [0, 0.1) is 12.8 Å². The summed E-state index contributed by atoms with van der Waals surface area (Å²) in [5.41, 5.74) is 2.76. The predicted octanol–water partition coefficient (Wildman–Crippen LogP) is 3.60. The monoisotopic (exact) mass is 274 g/mol. The lowest BCUT2D eigenvalue weighted by Crippen LogP contribution is -2.44. The summed E-state index contributed by atoms with van der Waals surface area (Å²) in [6.07, 6.45) is 7.07. The van der Waals surface area contributed by atoms with E-state index in [9.17, 15) is 0 Å². The zero-order valence-corrected chi connectivity index (χ0v) is 13.4. The van der Waals surface area contributed by atoms with Crippen molar-refractivity contribution in [1.29, 1.82) is 0 Å². The molecule has 20 heavy (non-hydrogen) atoms. The van der Waals surface area contributed by atoms with Crippen molar-refractivity contribution in [3.05, 3.63) is 35.4 Å². The molecule has 2 rings (SSSR count). The molecule has 2 nitrogen and oxygen atoms in total. The van der Waals surface area contributed by atoms with Crippen LogP contribution < -0.4 is 5.32 Å². The van der Waals surface area contributed by atoms with Gasteiger partial charge in [0, 0.05) is 19.1 Å². The van der Waals surface area contributed by atoms with E-state index in [1.807, 2.05) is 0 Å². The highest BCUT2D eigenvalue weighted by molar-refractivity contribution is 5.22. The van der Waals surface area contributed by atoms with Crippen LogP contribution in [-0.4, -0.2) is 31.6 Å². The van der Waals surface area contributed by atoms with Crippen LogP contribution in [0.2, 0.25) is 0 Å². The summed E-state index contributed by atoms with van der Waals surface area (Å²) >= 11 is 0. The maximum Gasteiger partial charge on any atom is 0.0226 e. The number of aryl methyl sites for hydroxylation is 1. The maximum atomic E-state index is 3.82. The van der Waals surface area contributed by atoms with E-state index in [1.54, 1.807) is 0 Å². The molecule has 112 valence electrons. The molecule has 1 N–H and O–H groups in total. The lowest BCUT2D eigenvalue weighted by atomic mass is 9.83. The number of benzene rings is 1. The molecule has 1 aromatic carbocycles. The number of hydrogen-bond acceptors (Lipinski definition) is 2. The van der Waals surface area contributed by atoms with Crippen LogP contribution in [-0.2, 0) is 6.54 Å². The van der Waals surface area contributed by atoms with Gasteiger partial charge in [-0.05, 0) is 45.3 Å². The Morgan fingerprint density at radius 3 is 2.60 bits per heavy atom. The molecule has 0 spiro atoms. The largest absolute Gasteiger partial charge is 0.308 e. The fourth-order valence-electron chi connectivity index (χ4n) is 3.38. The maximum absolute atomic E-state index is 3.82. The Hall–Kier alpha value is -0.860. The van der Waals surface area contributed by atoms with Crippen molar-refractivity contribution in [2.24, 2.45) is 5.92 Å². The molecule has 0 aliphatic heterocycles. The van der Waals surface area contributed by atoms with Crippen LogP contribution in [0.15, 0.2) is 24.3 Å². The summed E-state index contributed by atoms with van der Waals surface area (Å²) in [7, 11) is 4.37. The summed E-state index contributed by atoms with van der Waals surface area (Å²) in [6.45, 7) is 4.31. The third-order valence-electron chi connectivity index (χ3n) is 4.43. The Bertz CT molecular complexity index is 394. The standard InChI is InChI=1S/C18H30N2/c1-15-8-7-9-16(12-15)13-19-18(14-20(2)3)17-10-5-4-6-11-17/h7-9,12,17-19H,4-6,10-11,13-14H2,1-3H3/t18-/m1/s1. The van der Waals surface area contributed by atoms with E-state index in [1.165, 1.54) is 43.2 Å². The van der Waals surface area contributed by atoms with Gasteiger partial charge < -0.3 is 10.2 Å². The molecule has 1 aromatic rings. The molecule has 1 fully saturated rings. The lowest BCUT2D eigenvalue weighted by Gasteiger charge is -2.33. The first-order valence-corrected chi connectivity index (χ1v) is 8.09. The van der Waals surface area contributed by atoms with E-state index in [0.29, 0.717) is 6.04 Å². The molecule has 0 aromatic heterocycles. The minimum absolute atomic E-state index is 0.630. The van der Waals surface area contributed by atoms with Crippen LogP contribution in [0.3, 0.4) is 0 Å². The van der Waals surface area contributed by atoms with Gasteiger partial charge in [-0.15, -0.1) is 0 Å². The number of rotatable bonds is 6. The molecule has 1 atom stereocenters. The molecular weight excluding hydrogens is 244 g/mol. The average Bonchev–Trinajstić information content (AvgIpc) is 2.44. The van der Waals surface area contributed by atoms with Gasteiger partial charge in [0.15, 0.2) is 0 Å². The Kier molecular flexibility index (Phi) is 6.06. The van der Waals surface area contributed by atoms with Crippen LogP contribution in [0.1, 0.15) is 43.2 Å². The van der Waals surface area contributed by atoms with E-state index in [-0.39, 0.29) is 0 Å². The first-order valence-electron chi connectivity index (χ1n) is 8.09. The minimum Gasteiger partial charge on any atom is -0.308 e. The first-order chi connectivity index (χ1) is 9.65. The second-order valence-electron chi connectivity index (χ2n) is 6.64. The van der Waals surface area contributed by atoms with Crippen molar-refractivity contribution in [2.45, 2.75) is 51.6 Å². The topological polar surface area (TPSA) is 15.3 Å². The molecular formula is C18H30N2. The highest BCUT2D eigenvalue weighted by Crippen LogP contribution is 2.27. The van der Waals surface area contributed by atoms with Gasteiger partial charge in [0.2, 0.25) is 0 Å². The molecule has 0 saturated heterocycles. The zero-order chi connectivity index (χ0) is 14.4. The van der Waals surface area contributed by atoms with Crippen LogP contribution >= 0.6 is 0 Å². The Morgan fingerprint density at radius 2 is 1.95 bits per heavy atom. The van der Waals surface area contributed by atoms with Crippen molar-refractivity contribution < 1.29 is 0 Å². The third-order valence-corrected chi connectivity index (χ3v) is 4.43. The first kappa shape index (κ1) is 15.5. The number of hydrogen-bond donors (Lipinski definition) is 1. The third kappa shape index (κ3) is 4.92. The normalized spacial score (nSPS) is 18.4. The lowest BCUT2D eigenvalue weighted by molar-refractivity contribution is 0.221. The summed E-state index contributed by atoms with van der Waals surface area (Å²) < 4.78 is 0. The van der Waals surface area contributed by atoms with E-state index >= 15 is 0 Å². The minimum atomic E-state index is 0.630. The van der Waals surface area contributed by atoms with Gasteiger partial charge in [0.05, 0.1) is 0 Å². The SMILES string of the molecule is Cc1cccc(CN[C@H](CN(C)C)C2CCCCC2)c1. The summed E-state index contributed by atoms with van der Waals surface area (Å²) in [5.74, 6) is 0.857. The van der Waals surface area contributed by atoms with Crippen molar-refractivity contribution >= 4 is 0 Å². The molecule has 0 unspecified atom stereocenters. The fraction of sp³-hybridized carbons (Fsp3) is 0.667. The van der Waals surface area contributed by atoms with E-state index in [0.717, 1.165) is 19.0 Å². The van der Waals surface area contributed by atoms with Crippen molar-refractivity contribution in [3.8, 4) is 0 Å². The van der Waals surface area contributed by atoms with Crippen LogP contribution in [0.25, 0.3) is 0 Å². The fourth-order valence-corrected chi connectivity index (χ4v) is 3.38. The van der Waals surface area contributed by atoms with E-state index in [4.69, 9.17) is 0 Å². The number of nitrogens with zero attached hydrogens (tertiary/aromatic N) is 1. The van der Waals surface area contributed by atoms with E-state index in [2.05, 4.69) is 55.5 Å². The van der Waals surface area contributed by atoms with Crippen LogP contribution in [0.4, 0.5) is 0 Å². The molecule has 1 aliphatic carbocycles. The number of nitrogens with one attached hydrogen (secondary N) is 1. The van der Waals surface area contributed by atoms with Gasteiger partial charge in [0.1, 0.15) is 0 Å². The second kappa shape index (κ2) is 7.80. The Morgan fingerprint density at radius 1 is 1.20 bits per heavy atom. The molecule has 2 heteroatoms. The van der Waals surface area contributed by atoms with Crippen molar-refractivity contribution in [3.63, 3.8) is 0 Å². The Balaban J connectivity index is 1.92. The predicted molar refractivity (Wildman–Crippen MR) is 86.9 cm³/mol. The van der Waals surface area contributed by atoms with E-state index < -0.39 is 0 Å². The van der Waals surface area contributed by atoms with Crippen molar-refractivity contribution in [2.75, 3.05) is 20.6 Å². The van der Waals surface area contributed by atoms with Gasteiger partial charge in [-0.3, -0.25) is 0 Å². The second-order valence-corrected chi connectivity index (χ2v) is 6.64. The average molecular weight is 274 g/mol. The molecule has 0 radical (unpaired) electrons. The van der Waals surface area contributed by atoms with Gasteiger partial charge in [-0.2, -0.15) is 0 Å². The molecule has 1 aliphatic rings. The van der Waals surface area contributed by atoms with Gasteiger partial charge in [-0.1, -0.05) is 49.1 Å². The summed E-state index contributed by atoms with van der Waals surface area (Å²) in [4.78, 5) is 2.32. The summed E-state index contributed by atoms with van der Waals surface area (Å²) in [6, 6.07) is 9.48. The highest BCUT2D eigenvalue weighted by atomic mass is 15.1. The van der Waals surface area contributed by atoms with Crippen LogP contribution in [0.5, 0.6) is 0 Å². The van der Waals surface area contributed by atoms with Gasteiger partial charge in [-0.25, -0.2) is 0 Å². The summed E-state index contributed by atoms with van der Waals surface area (Å²) in [5, 5.41) is 3.82.